The minimum atomic E-state index is -0.562. The van der Waals surface area contributed by atoms with Gasteiger partial charge >= 0.3 is 5.97 Å². The highest BCUT2D eigenvalue weighted by molar-refractivity contribution is 6.30. The first-order chi connectivity index (χ1) is 11.6. The minimum absolute atomic E-state index is 0.153. The Morgan fingerprint density at radius 1 is 1.33 bits per heavy atom. The minimum Gasteiger partial charge on any atom is -0.452 e. The van der Waals surface area contributed by atoms with Crippen LogP contribution in [0, 0.1) is 0 Å². The van der Waals surface area contributed by atoms with Gasteiger partial charge in [-0.2, -0.15) is 0 Å². The van der Waals surface area contributed by atoms with E-state index in [-0.39, 0.29) is 23.7 Å². The third kappa shape index (κ3) is 3.51. The average molecular weight is 347 g/mol. The molecule has 0 spiro atoms. The molecule has 1 amide bonds. The fraction of sp³-hybridized carbons (Fsp3) is 0.389. The molecular formula is C18H19ClN2O3. The Bertz CT molecular complexity index is 778. The number of aromatic nitrogens is 1. The number of esters is 1. The molecule has 0 N–H and O–H groups in total. The van der Waals surface area contributed by atoms with Crippen LogP contribution in [0.15, 0.2) is 30.3 Å². The number of nitrogens with zero attached hydrogens (tertiary/aromatic N) is 2. The van der Waals surface area contributed by atoms with Crippen molar-refractivity contribution in [3.63, 3.8) is 0 Å². The van der Waals surface area contributed by atoms with E-state index in [2.05, 4.69) is 4.98 Å². The smallest absolute Gasteiger partial charge is 0.339 e. The second-order valence-corrected chi connectivity index (χ2v) is 6.41. The number of benzene rings is 1. The Morgan fingerprint density at radius 3 is 2.92 bits per heavy atom. The summed E-state index contributed by atoms with van der Waals surface area (Å²) >= 11 is 5.98. The van der Waals surface area contributed by atoms with Gasteiger partial charge in [0.2, 0.25) is 0 Å². The molecule has 0 radical (unpaired) electrons. The van der Waals surface area contributed by atoms with Gasteiger partial charge < -0.3 is 9.64 Å². The summed E-state index contributed by atoms with van der Waals surface area (Å²) in [6.45, 7) is 2.49. The number of pyridine rings is 1. The summed E-state index contributed by atoms with van der Waals surface area (Å²) in [7, 11) is 0. The van der Waals surface area contributed by atoms with Crippen molar-refractivity contribution in [3.05, 3.63) is 41.0 Å². The van der Waals surface area contributed by atoms with Crippen molar-refractivity contribution in [2.45, 2.75) is 32.2 Å². The van der Waals surface area contributed by atoms with E-state index in [1.165, 1.54) is 6.07 Å². The van der Waals surface area contributed by atoms with Gasteiger partial charge in [-0.3, -0.25) is 4.79 Å². The number of rotatable bonds is 3. The van der Waals surface area contributed by atoms with Gasteiger partial charge in [0.15, 0.2) is 6.61 Å². The molecule has 0 bridgehead atoms. The zero-order chi connectivity index (χ0) is 17.1. The number of carbonyl (C=O) groups excluding carboxylic acids is 2. The van der Waals surface area contributed by atoms with Crippen molar-refractivity contribution in [2.24, 2.45) is 0 Å². The van der Waals surface area contributed by atoms with Crippen LogP contribution in [0.25, 0.3) is 10.9 Å². The lowest BCUT2D eigenvalue weighted by atomic mass is 10.0. The van der Waals surface area contributed by atoms with E-state index in [1.54, 1.807) is 17.0 Å². The second-order valence-electron chi connectivity index (χ2n) is 6.02. The lowest BCUT2D eigenvalue weighted by Crippen LogP contribution is -2.44. The number of likely N-dealkylation sites (tertiary alicyclic amines) is 1. The first-order valence-electron chi connectivity index (χ1n) is 8.08. The predicted molar refractivity (Wildman–Crippen MR) is 92.1 cm³/mol. The molecule has 1 aromatic carbocycles. The maximum Gasteiger partial charge on any atom is 0.339 e. The number of para-hydroxylation sites is 1. The van der Waals surface area contributed by atoms with E-state index in [1.807, 2.05) is 19.1 Å². The van der Waals surface area contributed by atoms with E-state index in [0.29, 0.717) is 16.5 Å². The largest absolute Gasteiger partial charge is 0.452 e. The molecule has 1 fully saturated rings. The molecule has 6 heteroatoms. The number of amides is 1. The zero-order valence-electron chi connectivity index (χ0n) is 13.5. The highest BCUT2D eigenvalue weighted by atomic mass is 35.5. The summed E-state index contributed by atoms with van der Waals surface area (Å²) in [5.74, 6) is -0.714. The maximum absolute atomic E-state index is 12.4. The van der Waals surface area contributed by atoms with Gasteiger partial charge in [0.25, 0.3) is 5.91 Å². The highest BCUT2D eigenvalue weighted by Crippen LogP contribution is 2.22. The molecule has 1 aliphatic rings. The first-order valence-corrected chi connectivity index (χ1v) is 8.46. The molecule has 1 saturated heterocycles. The lowest BCUT2D eigenvalue weighted by molar-refractivity contribution is -0.137. The van der Waals surface area contributed by atoms with Crippen molar-refractivity contribution in [1.29, 1.82) is 0 Å². The first kappa shape index (κ1) is 16.7. The predicted octanol–water partition coefficient (Wildman–Crippen LogP) is 3.45. The van der Waals surface area contributed by atoms with Gasteiger partial charge in [0, 0.05) is 18.0 Å². The number of hydrogen-bond acceptors (Lipinski definition) is 4. The normalized spacial score (nSPS) is 17.8. The quantitative estimate of drug-likeness (QED) is 0.631. The van der Waals surface area contributed by atoms with Crippen molar-refractivity contribution >= 4 is 34.4 Å². The Balaban J connectivity index is 1.72. The molecule has 1 aromatic heterocycles. The van der Waals surface area contributed by atoms with Gasteiger partial charge in [-0.05, 0) is 38.3 Å². The molecule has 0 aliphatic carbocycles. The zero-order valence-corrected chi connectivity index (χ0v) is 14.3. The van der Waals surface area contributed by atoms with Crippen LogP contribution in [0.3, 0.4) is 0 Å². The molecule has 2 aromatic rings. The molecule has 1 atom stereocenters. The number of ether oxygens (including phenoxy) is 1. The highest BCUT2D eigenvalue weighted by Gasteiger charge is 2.24. The van der Waals surface area contributed by atoms with E-state index in [4.69, 9.17) is 16.3 Å². The van der Waals surface area contributed by atoms with E-state index >= 15 is 0 Å². The monoisotopic (exact) mass is 346 g/mol. The van der Waals surface area contributed by atoms with Crippen LogP contribution in [0.5, 0.6) is 0 Å². The van der Waals surface area contributed by atoms with E-state index in [9.17, 15) is 9.59 Å². The number of hydrogen-bond donors (Lipinski definition) is 0. The number of fused-ring (bicyclic) bond motifs is 1. The molecular weight excluding hydrogens is 328 g/mol. The number of piperidine rings is 1. The summed E-state index contributed by atoms with van der Waals surface area (Å²) in [4.78, 5) is 30.7. The summed E-state index contributed by atoms with van der Waals surface area (Å²) in [5.41, 5.74) is 0.943. The van der Waals surface area contributed by atoms with Crippen molar-refractivity contribution in [2.75, 3.05) is 13.2 Å². The summed E-state index contributed by atoms with van der Waals surface area (Å²) < 4.78 is 5.24. The topological polar surface area (TPSA) is 59.5 Å². The Labute approximate surface area is 145 Å². The van der Waals surface area contributed by atoms with Gasteiger partial charge in [0.05, 0.1) is 11.1 Å². The summed E-state index contributed by atoms with van der Waals surface area (Å²) in [5, 5.41) is 0.877. The van der Waals surface area contributed by atoms with Gasteiger partial charge in [-0.15, -0.1) is 0 Å². The van der Waals surface area contributed by atoms with E-state index in [0.717, 1.165) is 25.8 Å². The van der Waals surface area contributed by atoms with Gasteiger partial charge in [0.1, 0.15) is 5.15 Å². The molecule has 2 heterocycles. The van der Waals surface area contributed by atoms with Gasteiger partial charge in [-0.25, -0.2) is 9.78 Å². The van der Waals surface area contributed by atoms with Crippen LogP contribution in [0.2, 0.25) is 5.15 Å². The van der Waals surface area contributed by atoms with Crippen LogP contribution in [-0.4, -0.2) is 41.0 Å². The summed E-state index contributed by atoms with van der Waals surface area (Å²) in [6.07, 6.45) is 3.12. The van der Waals surface area contributed by atoms with Crippen LogP contribution in [-0.2, 0) is 9.53 Å². The Hall–Kier alpha value is -2.14. The average Bonchev–Trinajstić information content (AvgIpc) is 2.59. The molecule has 24 heavy (non-hydrogen) atoms. The maximum atomic E-state index is 12.4. The van der Waals surface area contributed by atoms with Crippen LogP contribution < -0.4 is 0 Å². The Kier molecular flexibility index (Phi) is 5.00. The molecule has 126 valence electrons. The van der Waals surface area contributed by atoms with Crippen LogP contribution in [0.4, 0.5) is 0 Å². The van der Waals surface area contributed by atoms with Crippen molar-refractivity contribution < 1.29 is 14.3 Å². The van der Waals surface area contributed by atoms with Crippen molar-refractivity contribution in [1.82, 2.24) is 9.88 Å². The fourth-order valence-corrected chi connectivity index (χ4v) is 3.27. The molecule has 0 saturated carbocycles. The fourth-order valence-electron chi connectivity index (χ4n) is 3.07. The van der Waals surface area contributed by atoms with Crippen molar-refractivity contribution in [3.8, 4) is 0 Å². The van der Waals surface area contributed by atoms with Crippen LogP contribution in [0.1, 0.15) is 36.5 Å². The lowest BCUT2D eigenvalue weighted by Gasteiger charge is -2.33. The standard InChI is InChI=1S/C18H19ClN2O3/c1-12-6-4-5-9-21(12)17(22)11-24-18(23)14-10-16(19)20-15-8-3-2-7-13(14)15/h2-3,7-8,10,12H,4-6,9,11H2,1H3/t12-/m0/s1. The van der Waals surface area contributed by atoms with Crippen LogP contribution >= 0.6 is 11.6 Å². The second kappa shape index (κ2) is 7.18. The third-order valence-corrected chi connectivity index (χ3v) is 4.55. The SMILES string of the molecule is C[C@H]1CCCCN1C(=O)COC(=O)c1cc(Cl)nc2ccccc12. The summed E-state index contributed by atoms with van der Waals surface area (Å²) in [6, 6.07) is 8.86. The number of carbonyl (C=O) groups is 2. The number of halogens is 1. The third-order valence-electron chi connectivity index (χ3n) is 4.35. The molecule has 1 aliphatic heterocycles. The Morgan fingerprint density at radius 2 is 2.12 bits per heavy atom. The molecule has 3 rings (SSSR count). The van der Waals surface area contributed by atoms with Gasteiger partial charge in [-0.1, -0.05) is 29.8 Å². The molecule has 0 unspecified atom stereocenters. The molecule has 5 nitrogen and oxygen atoms in total. The van der Waals surface area contributed by atoms with E-state index < -0.39 is 5.97 Å².